The average Bonchev–Trinajstić information content (AvgIpc) is 2.33. The molecule has 0 spiro atoms. The number of nitrogens with zero attached hydrogens (tertiary/aromatic N) is 2. The van der Waals surface area contributed by atoms with E-state index in [1.165, 1.54) is 6.33 Å². The molecule has 5 N–H and O–H groups in total. The van der Waals surface area contributed by atoms with Crippen molar-refractivity contribution in [2.24, 2.45) is 11.7 Å². The highest BCUT2D eigenvalue weighted by molar-refractivity contribution is 5.61. The van der Waals surface area contributed by atoms with E-state index >= 15 is 0 Å². The molecule has 6 heteroatoms. The number of hydrogen-bond donors (Lipinski definition) is 3. The molecule has 94 valence electrons. The van der Waals surface area contributed by atoms with E-state index in [1.54, 1.807) is 0 Å². The van der Waals surface area contributed by atoms with Crippen LogP contribution in [0.3, 0.4) is 0 Å². The van der Waals surface area contributed by atoms with E-state index in [1.807, 2.05) is 0 Å². The molecule has 0 aliphatic carbocycles. The Kier molecular flexibility index (Phi) is 3.33. The van der Waals surface area contributed by atoms with Gasteiger partial charge in [-0.1, -0.05) is 6.92 Å². The molecule has 1 aromatic rings. The number of rotatable bonds is 2. The summed E-state index contributed by atoms with van der Waals surface area (Å²) in [7, 11) is 0. The maximum atomic E-state index is 11.5. The molecule has 1 fully saturated rings. The van der Waals surface area contributed by atoms with Gasteiger partial charge in [0.15, 0.2) is 5.82 Å². The summed E-state index contributed by atoms with van der Waals surface area (Å²) >= 11 is 0. The Balaban J connectivity index is 2.32. The third-order valence-corrected chi connectivity index (χ3v) is 3.39. The van der Waals surface area contributed by atoms with Gasteiger partial charge in [0.1, 0.15) is 5.69 Å². The van der Waals surface area contributed by atoms with Gasteiger partial charge in [-0.05, 0) is 18.8 Å². The fourth-order valence-electron chi connectivity index (χ4n) is 2.38. The molecule has 0 saturated carbocycles. The Bertz CT molecular complexity index is 444. The Morgan fingerprint density at radius 1 is 1.65 bits per heavy atom. The molecule has 0 radical (unpaired) electrons. The number of hydrogen-bond acceptors (Lipinski definition) is 5. The topological polar surface area (TPSA) is 101 Å². The van der Waals surface area contributed by atoms with Crippen LogP contribution >= 0.6 is 0 Å². The fraction of sp³-hybridized carbons (Fsp3) is 0.636. The van der Waals surface area contributed by atoms with E-state index in [2.05, 4.69) is 21.8 Å². The molecular weight excluding hydrogens is 218 g/mol. The van der Waals surface area contributed by atoms with Gasteiger partial charge < -0.3 is 21.4 Å². The lowest BCUT2D eigenvalue weighted by atomic mass is 9.92. The van der Waals surface area contributed by atoms with Crippen molar-refractivity contribution in [1.82, 2.24) is 9.97 Å². The summed E-state index contributed by atoms with van der Waals surface area (Å²) in [6.45, 7) is 3.62. The molecule has 6 nitrogen and oxygen atoms in total. The van der Waals surface area contributed by atoms with Crippen molar-refractivity contribution in [2.45, 2.75) is 25.8 Å². The zero-order chi connectivity index (χ0) is 12.4. The summed E-state index contributed by atoms with van der Waals surface area (Å²) in [5.41, 5.74) is 11.5. The molecule has 1 aliphatic rings. The largest absolute Gasteiger partial charge is 0.391 e. The third kappa shape index (κ3) is 2.26. The van der Waals surface area contributed by atoms with Gasteiger partial charge in [0.05, 0.1) is 6.33 Å². The lowest BCUT2D eigenvalue weighted by Crippen LogP contribution is -2.47. The van der Waals surface area contributed by atoms with Gasteiger partial charge in [-0.15, -0.1) is 0 Å². The van der Waals surface area contributed by atoms with Crippen LogP contribution in [0.1, 0.15) is 19.8 Å². The molecular formula is C11H19N5O. The number of nitrogens with one attached hydrogen (secondary N) is 1. The summed E-state index contributed by atoms with van der Waals surface area (Å²) < 4.78 is 0. The first-order chi connectivity index (χ1) is 8.13. The number of aromatic nitrogens is 2. The van der Waals surface area contributed by atoms with Crippen LogP contribution in [0.4, 0.5) is 11.5 Å². The maximum Gasteiger partial charge on any atom is 0.276 e. The van der Waals surface area contributed by atoms with Gasteiger partial charge in [-0.2, -0.15) is 0 Å². The van der Waals surface area contributed by atoms with Crippen molar-refractivity contribution < 1.29 is 0 Å². The summed E-state index contributed by atoms with van der Waals surface area (Å²) in [6, 6.07) is 0.218. The van der Waals surface area contributed by atoms with Crippen molar-refractivity contribution in [3.05, 3.63) is 16.7 Å². The predicted octanol–water partition coefficient (Wildman–Crippen LogP) is -0.0843. The van der Waals surface area contributed by atoms with E-state index in [9.17, 15) is 4.79 Å². The normalized spacial score (nSPS) is 24.9. The van der Waals surface area contributed by atoms with Gasteiger partial charge in [0, 0.05) is 19.1 Å². The smallest absolute Gasteiger partial charge is 0.276 e. The zero-order valence-electron chi connectivity index (χ0n) is 10.0. The van der Waals surface area contributed by atoms with Crippen LogP contribution in [0.25, 0.3) is 0 Å². The predicted molar refractivity (Wildman–Crippen MR) is 67.9 cm³/mol. The second-order valence-electron chi connectivity index (χ2n) is 4.68. The standard InChI is InChI=1S/C11H19N5O/c1-7-2-3-16(8(4-7)5-12)10-9(13)11(17)15-6-14-10/h6-8H,2-5,12-13H2,1H3,(H,14,15,17). The molecule has 17 heavy (non-hydrogen) atoms. The van der Waals surface area contributed by atoms with Crippen LogP contribution < -0.4 is 21.9 Å². The first-order valence-corrected chi connectivity index (χ1v) is 5.93. The van der Waals surface area contributed by atoms with Crippen LogP contribution in [0.5, 0.6) is 0 Å². The number of anilines is 2. The molecule has 0 bridgehead atoms. The Labute approximate surface area is 100 Å². The molecule has 1 aliphatic heterocycles. The van der Waals surface area contributed by atoms with Crippen molar-refractivity contribution in [3.8, 4) is 0 Å². The lowest BCUT2D eigenvalue weighted by Gasteiger charge is -2.39. The summed E-state index contributed by atoms with van der Waals surface area (Å²) in [5, 5.41) is 0. The molecule has 0 amide bonds. The molecule has 1 saturated heterocycles. The van der Waals surface area contributed by atoms with E-state index in [4.69, 9.17) is 11.5 Å². The minimum Gasteiger partial charge on any atom is -0.391 e. The molecule has 2 unspecified atom stereocenters. The number of piperidine rings is 1. The average molecular weight is 237 g/mol. The summed E-state index contributed by atoms with van der Waals surface area (Å²) in [6.07, 6.45) is 3.48. The van der Waals surface area contributed by atoms with Crippen molar-refractivity contribution >= 4 is 11.5 Å². The number of H-pyrrole nitrogens is 1. The van der Waals surface area contributed by atoms with Crippen LogP contribution in [0.15, 0.2) is 11.1 Å². The van der Waals surface area contributed by atoms with E-state index in [0.717, 1.165) is 19.4 Å². The minimum absolute atomic E-state index is 0.181. The fourth-order valence-corrected chi connectivity index (χ4v) is 2.38. The highest BCUT2D eigenvalue weighted by Gasteiger charge is 2.27. The van der Waals surface area contributed by atoms with Gasteiger partial charge in [0.25, 0.3) is 5.56 Å². The maximum absolute atomic E-state index is 11.5. The van der Waals surface area contributed by atoms with E-state index < -0.39 is 0 Å². The quantitative estimate of drug-likeness (QED) is 0.667. The first kappa shape index (κ1) is 11.9. The Hall–Kier alpha value is -1.56. The molecule has 2 heterocycles. The van der Waals surface area contributed by atoms with Crippen LogP contribution in [0.2, 0.25) is 0 Å². The minimum atomic E-state index is -0.288. The van der Waals surface area contributed by atoms with E-state index in [0.29, 0.717) is 18.3 Å². The zero-order valence-corrected chi connectivity index (χ0v) is 10.0. The highest BCUT2D eigenvalue weighted by Crippen LogP contribution is 2.27. The van der Waals surface area contributed by atoms with Crippen molar-refractivity contribution in [2.75, 3.05) is 23.7 Å². The van der Waals surface area contributed by atoms with Gasteiger partial charge in [-0.3, -0.25) is 4.79 Å². The first-order valence-electron chi connectivity index (χ1n) is 5.93. The third-order valence-electron chi connectivity index (χ3n) is 3.39. The Morgan fingerprint density at radius 3 is 3.12 bits per heavy atom. The molecule has 2 atom stereocenters. The van der Waals surface area contributed by atoms with Crippen LogP contribution in [-0.4, -0.2) is 29.1 Å². The van der Waals surface area contributed by atoms with Crippen molar-refractivity contribution in [3.63, 3.8) is 0 Å². The van der Waals surface area contributed by atoms with E-state index in [-0.39, 0.29) is 17.3 Å². The Morgan fingerprint density at radius 2 is 2.41 bits per heavy atom. The lowest BCUT2D eigenvalue weighted by molar-refractivity contribution is 0.365. The summed E-state index contributed by atoms with van der Waals surface area (Å²) in [4.78, 5) is 20.2. The molecule has 2 rings (SSSR count). The highest BCUT2D eigenvalue weighted by atomic mass is 16.1. The van der Waals surface area contributed by atoms with Crippen molar-refractivity contribution in [1.29, 1.82) is 0 Å². The summed E-state index contributed by atoms with van der Waals surface area (Å²) in [5.74, 6) is 1.22. The number of aromatic amines is 1. The number of nitrogen functional groups attached to an aromatic ring is 1. The second-order valence-corrected chi connectivity index (χ2v) is 4.68. The monoisotopic (exact) mass is 237 g/mol. The van der Waals surface area contributed by atoms with Gasteiger partial charge >= 0.3 is 0 Å². The molecule has 0 aromatic carbocycles. The second kappa shape index (κ2) is 4.75. The van der Waals surface area contributed by atoms with Gasteiger partial charge in [0.2, 0.25) is 0 Å². The van der Waals surface area contributed by atoms with Crippen LogP contribution in [-0.2, 0) is 0 Å². The molecule has 1 aromatic heterocycles. The van der Waals surface area contributed by atoms with Crippen LogP contribution in [0, 0.1) is 5.92 Å². The van der Waals surface area contributed by atoms with Gasteiger partial charge in [-0.25, -0.2) is 4.98 Å². The SMILES string of the molecule is CC1CCN(c2nc[nH]c(=O)c2N)C(CN)C1. The number of nitrogens with two attached hydrogens (primary N) is 2.